The summed E-state index contributed by atoms with van der Waals surface area (Å²) in [5.41, 5.74) is 7.45. The molecular formula is C17H23N3O2. The van der Waals surface area contributed by atoms with Crippen molar-refractivity contribution in [3.05, 3.63) is 29.8 Å². The molecule has 0 spiro atoms. The van der Waals surface area contributed by atoms with Crippen LogP contribution in [0.15, 0.2) is 24.3 Å². The number of nitrogens with two attached hydrogens (primary N) is 1. The number of hydrogen-bond acceptors (Lipinski definition) is 3. The van der Waals surface area contributed by atoms with Crippen molar-refractivity contribution in [2.45, 2.75) is 38.1 Å². The van der Waals surface area contributed by atoms with Crippen LogP contribution in [-0.2, 0) is 16.0 Å². The van der Waals surface area contributed by atoms with E-state index in [-0.39, 0.29) is 23.8 Å². The molecule has 0 unspecified atom stereocenters. The highest BCUT2D eigenvalue weighted by molar-refractivity contribution is 5.96. The normalized spacial score (nSPS) is 25.9. The summed E-state index contributed by atoms with van der Waals surface area (Å²) in [4.78, 5) is 25.9. The minimum atomic E-state index is -0.246. The largest absolute Gasteiger partial charge is 0.370 e. The lowest BCUT2D eigenvalue weighted by Gasteiger charge is -2.36. The average molecular weight is 301 g/mol. The van der Waals surface area contributed by atoms with Gasteiger partial charge in [-0.05, 0) is 49.8 Å². The van der Waals surface area contributed by atoms with Crippen LogP contribution in [0.3, 0.4) is 0 Å². The smallest absolute Gasteiger partial charge is 0.241 e. The van der Waals surface area contributed by atoms with Crippen molar-refractivity contribution in [3.8, 4) is 0 Å². The van der Waals surface area contributed by atoms with Crippen molar-refractivity contribution in [3.63, 3.8) is 0 Å². The van der Waals surface area contributed by atoms with Gasteiger partial charge in [-0.25, -0.2) is 0 Å². The Morgan fingerprint density at radius 1 is 1.32 bits per heavy atom. The maximum Gasteiger partial charge on any atom is 0.241 e. The first-order chi connectivity index (χ1) is 10.6. The van der Waals surface area contributed by atoms with Gasteiger partial charge in [-0.15, -0.1) is 0 Å². The van der Waals surface area contributed by atoms with Crippen molar-refractivity contribution in [2.75, 3.05) is 18.4 Å². The molecule has 0 aromatic heterocycles. The van der Waals surface area contributed by atoms with Gasteiger partial charge in [0.1, 0.15) is 0 Å². The molecule has 0 radical (unpaired) electrons. The number of aryl methyl sites for hydroxylation is 1. The van der Waals surface area contributed by atoms with E-state index in [9.17, 15) is 9.59 Å². The van der Waals surface area contributed by atoms with Crippen LogP contribution in [0.5, 0.6) is 0 Å². The molecule has 3 rings (SSSR count). The Hall–Kier alpha value is -1.88. The maximum atomic E-state index is 12.6. The van der Waals surface area contributed by atoms with Crippen molar-refractivity contribution in [1.82, 2.24) is 4.90 Å². The molecule has 2 amide bonds. The summed E-state index contributed by atoms with van der Waals surface area (Å²) in [5.74, 6) is 0.110. The van der Waals surface area contributed by atoms with E-state index in [1.807, 2.05) is 18.2 Å². The van der Waals surface area contributed by atoms with E-state index in [0.29, 0.717) is 6.42 Å². The van der Waals surface area contributed by atoms with E-state index in [1.165, 1.54) is 5.56 Å². The lowest BCUT2D eigenvalue weighted by Crippen LogP contribution is -2.48. The number of benzene rings is 1. The van der Waals surface area contributed by atoms with Crippen molar-refractivity contribution in [2.24, 2.45) is 11.7 Å². The Balaban J connectivity index is 1.70. The SMILES string of the molecule is NC(=O)C[C@H]1CCCN([C@@H]2CCc3ccccc3NC2=O)C1. The monoisotopic (exact) mass is 301 g/mol. The van der Waals surface area contributed by atoms with Crippen LogP contribution >= 0.6 is 0 Å². The van der Waals surface area contributed by atoms with E-state index in [2.05, 4.69) is 16.3 Å². The standard InChI is InChI=1S/C17H23N3O2/c18-16(21)10-12-4-3-9-20(11-12)15-8-7-13-5-1-2-6-14(13)19-17(15)22/h1-2,5-6,12,15H,3-4,7-11H2,(H2,18,21)(H,19,22)/t12-,15-/m1/s1. The second kappa shape index (κ2) is 6.48. The zero-order chi connectivity index (χ0) is 15.5. The van der Waals surface area contributed by atoms with Gasteiger partial charge in [0.2, 0.25) is 11.8 Å². The number of fused-ring (bicyclic) bond motifs is 1. The van der Waals surface area contributed by atoms with Crippen molar-refractivity contribution in [1.29, 1.82) is 0 Å². The number of primary amides is 1. The molecule has 1 aromatic carbocycles. The van der Waals surface area contributed by atoms with Gasteiger partial charge in [0.25, 0.3) is 0 Å². The van der Waals surface area contributed by atoms with Crippen LogP contribution in [-0.4, -0.2) is 35.8 Å². The molecule has 2 heterocycles. The molecule has 5 nitrogen and oxygen atoms in total. The summed E-state index contributed by atoms with van der Waals surface area (Å²) in [7, 11) is 0. The van der Waals surface area contributed by atoms with E-state index in [0.717, 1.165) is 44.5 Å². The minimum Gasteiger partial charge on any atom is -0.370 e. The van der Waals surface area contributed by atoms with E-state index in [1.54, 1.807) is 0 Å². The third-order valence-corrected chi connectivity index (χ3v) is 4.75. The second-order valence-corrected chi connectivity index (χ2v) is 6.37. The number of carbonyl (C=O) groups is 2. The third kappa shape index (κ3) is 3.30. The number of nitrogens with one attached hydrogen (secondary N) is 1. The number of piperidine rings is 1. The highest BCUT2D eigenvalue weighted by Crippen LogP contribution is 2.27. The van der Waals surface area contributed by atoms with Gasteiger partial charge >= 0.3 is 0 Å². The Labute approximate surface area is 130 Å². The van der Waals surface area contributed by atoms with Gasteiger partial charge in [-0.1, -0.05) is 18.2 Å². The quantitative estimate of drug-likeness (QED) is 0.889. The molecule has 1 aromatic rings. The average Bonchev–Trinajstić information content (AvgIpc) is 2.65. The fourth-order valence-corrected chi connectivity index (χ4v) is 3.68. The van der Waals surface area contributed by atoms with Gasteiger partial charge < -0.3 is 11.1 Å². The molecule has 0 aliphatic carbocycles. The number of hydrogen-bond donors (Lipinski definition) is 2. The molecule has 3 N–H and O–H groups in total. The summed E-state index contributed by atoms with van der Waals surface area (Å²) >= 11 is 0. The van der Waals surface area contributed by atoms with Crippen LogP contribution in [0.1, 0.15) is 31.2 Å². The lowest BCUT2D eigenvalue weighted by molar-refractivity contribution is -0.122. The van der Waals surface area contributed by atoms with E-state index in [4.69, 9.17) is 5.73 Å². The van der Waals surface area contributed by atoms with Gasteiger partial charge in [-0.2, -0.15) is 0 Å². The summed E-state index contributed by atoms with van der Waals surface area (Å²) in [6.07, 6.45) is 4.19. The molecule has 1 fully saturated rings. The fourth-order valence-electron chi connectivity index (χ4n) is 3.68. The van der Waals surface area contributed by atoms with Crippen LogP contribution in [0.2, 0.25) is 0 Å². The lowest BCUT2D eigenvalue weighted by atomic mass is 9.92. The minimum absolute atomic E-state index is 0.0738. The maximum absolute atomic E-state index is 12.6. The summed E-state index contributed by atoms with van der Waals surface area (Å²) in [6, 6.07) is 7.88. The fraction of sp³-hybridized carbons (Fsp3) is 0.529. The van der Waals surface area contributed by atoms with Crippen molar-refractivity contribution >= 4 is 17.5 Å². The second-order valence-electron chi connectivity index (χ2n) is 6.37. The molecular weight excluding hydrogens is 278 g/mol. The summed E-state index contributed by atoms with van der Waals surface area (Å²) < 4.78 is 0. The van der Waals surface area contributed by atoms with E-state index >= 15 is 0 Å². The van der Waals surface area contributed by atoms with Crippen LogP contribution in [0, 0.1) is 5.92 Å². The first kappa shape index (κ1) is 15.0. The third-order valence-electron chi connectivity index (χ3n) is 4.75. The van der Waals surface area contributed by atoms with Crippen LogP contribution in [0.4, 0.5) is 5.69 Å². The number of carbonyl (C=O) groups excluding carboxylic acids is 2. The zero-order valence-electron chi connectivity index (χ0n) is 12.8. The van der Waals surface area contributed by atoms with Gasteiger partial charge in [0.05, 0.1) is 6.04 Å². The van der Waals surface area contributed by atoms with Crippen molar-refractivity contribution < 1.29 is 9.59 Å². The number of amides is 2. The highest BCUT2D eigenvalue weighted by atomic mass is 16.2. The summed E-state index contributed by atoms with van der Waals surface area (Å²) in [6.45, 7) is 1.71. The first-order valence-corrected chi connectivity index (χ1v) is 8.04. The topological polar surface area (TPSA) is 75.4 Å². The van der Waals surface area contributed by atoms with Crippen LogP contribution < -0.4 is 11.1 Å². The van der Waals surface area contributed by atoms with Gasteiger partial charge in [0, 0.05) is 18.7 Å². The van der Waals surface area contributed by atoms with Gasteiger partial charge in [0.15, 0.2) is 0 Å². The molecule has 5 heteroatoms. The molecule has 1 saturated heterocycles. The van der Waals surface area contributed by atoms with Crippen LogP contribution in [0.25, 0.3) is 0 Å². The summed E-state index contributed by atoms with van der Waals surface area (Å²) in [5, 5.41) is 3.05. The first-order valence-electron chi connectivity index (χ1n) is 8.04. The number of para-hydroxylation sites is 1. The molecule has 22 heavy (non-hydrogen) atoms. The highest BCUT2D eigenvalue weighted by Gasteiger charge is 2.32. The number of nitrogens with zero attached hydrogens (tertiary/aromatic N) is 1. The molecule has 2 aliphatic rings. The van der Waals surface area contributed by atoms with Gasteiger partial charge in [-0.3, -0.25) is 14.5 Å². The molecule has 2 atom stereocenters. The molecule has 2 aliphatic heterocycles. The Kier molecular flexibility index (Phi) is 4.43. The predicted molar refractivity (Wildman–Crippen MR) is 85.3 cm³/mol. The zero-order valence-corrected chi connectivity index (χ0v) is 12.8. The Morgan fingerprint density at radius 2 is 2.14 bits per heavy atom. The molecule has 0 bridgehead atoms. The number of rotatable bonds is 3. The Morgan fingerprint density at radius 3 is 2.95 bits per heavy atom. The number of likely N-dealkylation sites (tertiary alicyclic amines) is 1. The molecule has 0 saturated carbocycles. The predicted octanol–water partition coefficient (Wildman–Crippen LogP) is 1.53. The number of anilines is 1. The molecule has 118 valence electrons. The Bertz CT molecular complexity index is 573. The van der Waals surface area contributed by atoms with E-state index < -0.39 is 0 Å².